The second-order valence-electron chi connectivity index (χ2n) is 3.84. The zero-order valence-corrected chi connectivity index (χ0v) is 11.1. The molecule has 1 aromatic rings. The second kappa shape index (κ2) is 5.03. The van der Waals surface area contributed by atoms with E-state index in [2.05, 4.69) is 22.6 Å². The van der Waals surface area contributed by atoms with Gasteiger partial charge < -0.3 is 9.47 Å². The minimum atomic E-state index is -0.561. The van der Waals surface area contributed by atoms with Gasteiger partial charge in [-0.3, -0.25) is 0 Å². The molecule has 3 atom stereocenters. The maximum atomic E-state index is 11.3. The van der Waals surface area contributed by atoms with Crippen molar-refractivity contribution in [2.24, 2.45) is 0 Å². The molecule has 2 rings (SSSR count). The number of carbonyl (C=O) groups is 1. The molecule has 0 saturated carbocycles. The standard InChI is InChI=1S/C12H13IO3/c1-8(13)10-7-11(16-12(14)15-10)9-5-3-2-4-6-9/h2-6,8,10-11H,7H2,1H3/t8-,10-,11+/m1/s1. The van der Waals surface area contributed by atoms with Crippen LogP contribution in [-0.4, -0.2) is 16.2 Å². The predicted octanol–water partition coefficient (Wildman–Crippen LogP) is 3.48. The normalized spacial score (nSPS) is 26.8. The van der Waals surface area contributed by atoms with Crippen LogP contribution in [-0.2, 0) is 9.47 Å². The molecule has 0 aromatic heterocycles. The average molecular weight is 332 g/mol. The van der Waals surface area contributed by atoms with E-state index in [4.69, 9.17) is 9.47 Å². The molecule has 0 amide bonds. The van der Waals surface area contributed by atoms with Crippen LogP contribution in [0.1, 0.15) is 25.0 Å². The number of rotatable bonds is 2. The summed E-state index contributed by atoms with van der Waals surface area (Å²) in [5.41, 5.74) is 1.03. The Morgan fingerprint density at radius 1 is 1.31 bits per heavy atom. The predicted molar refractivity (Wildman–Crippen MR) is 68.6 cm³/mol. The van der Waals surface area contributed by atoms with Gasteiger partial charge in [0.2, 0.25) is 0 Å². The van der Waals surface area contributed by atoms with E-state index in [9.17, 15) is 4.79 Å². The van der Waals surface area contributed by atoms with Gasteiger partial charge in [0.05, 0.1) is 0 Å². The topological polar surface area (TPSA) is 35.5 Å². The third kappa shape index (κ3) is 2.66. The lowest BCUT2D eigenvalue weighted by molar-refractivity contribution is -0.0588. The van der Waals surface area contributed by atoms with Crippen LogP contribution in [0.15, 0.2) is 30.3 Å². The van der Waals surface area contributed by atoms with Gasteiger partial charge in [0.1, 0.15) is 12.2 Å². The Morgan fingerprint density at radius 3 is 2.62 bits per heavy atom. The number of alkyl halides is 1. The Balaban J connectivity index is 2.14. The molecule has 1 fully saturated rings. The van der Waals surface area contributed by atoms with Gasteiger partial charge in [-0.25, -0.2) is 4.79 Å². The van der Waals surface area contributed by atoms with Gasteiger partial charge in [0.25, 0.3) is 0 Å². The number of benzene rings is 1. The van der Waals surface area contributed by atoms with Gasteiger partial charge in [-0.05, 0) is 12.5 Å². The zero-order chi connectivity index (χ0) is 11.5. The molecule has 1 aliphatic heterocycles. The number of ether oxygens (including phenoxy) is 2. The second-order valence-corrected chi connectivity index (χ2v) is 5.80. The highest BCUT2D eigenvalue weighted by atomic mass is 127. The number of hydrogen-bond acceptors (Lipinski definition) is 3. The van der Waals surface area contributed by atoms with E-state index in [0.717, 1.165) is 12.0 Å². The largest absolute Gasteiger partial charge is 0.509 e. The van der Waals surface area contributed by atoms with Crippen LogP contribution >= 0.6 is 22.6 Å². The summed E-state index contributed by atoms with van der Waals surface area (Å²) in [4.78, 5) is 11.3. The van der Waals surface area contributed by atoms with Gasteiger partial charge in [-0.15, -0.1) is 0 Å². The van der Waals surface area contributed by atoms with Crippen molar-refractivity contribution in [3.8, 4) is 0 Å². The molecule has 0 N–H and O–H groups in total. The molecule has 1 saturated heterocycles. The summed E-state index contributed by atoms with van der Waals surface area (Å²) in [6.45, 7) is 2.03. The molecule has 16 heavy (non-hydrogen) atoms. The van der Waals surface area contributed by atoms with Crippen LogP contribution < -0.4 is 0 Å². The van der Waals surface area contributed by atoms with E-state index >= 15 is 0 Å². The summed E-state index contributed by atoms with van der Waals surface area (Å²) in [7, 11) is 0. The molecule has 1 aromatic carbocycles. The fourth-order valence-corrected chi connectivity index (χ4v) is 2.17. The summed E-state index contributed by atoms with van der Waals surface area (Å²) in [5.74, 6) is 0. The first-order valence-electron chi connectivity index (χ1n) is 5.23. The quantitative estimate of drug-likeness (QED) is 0.473. The van der Waals surface area contributed by atoms with E-state index in [-0.39, 0.29) is 16.1 Å². The van der Waals surface area contributed by atoms with Crippen molar-refractivity contribution in [3.05, 3.63) is 35.9 Å². The van der Waals surface area contributed by atoms with Gasteiger partial charge in [0, 0.05) is 10.3 Å². The highest BCUT2D eigenvalue weighted by Gasteiger charge is 2.33. The van der Waals surface area contributed by atoms with Gasteiger partial charge in [-0.1, -0.05) is 52.9 Å². The first-order valence-corrected chi connectivity index (χ1v) is 6.47. The van der Waals surface area contributed by atoms with E-state index in [1.54, 1.807) is 0 Å². The van der Waals surface area contributed by atoms with Crippen LogP contribution in [0.5, 0.6) is 0 Å². The lowest BCUT2D eigenvalue weighted by atomic mass is 10.0. The molecule has 0 bridgehead atoms. The monoisotopic (exact) mass is 332 g/mol. The summed E-state index contributed by atoms with van der Waals surface area (Å²) in [6, 6.07) is 9.78. The third-order valence-corrected chi connectivity index (χ3v) is 3.42. The zero-order valence-electron chi connectivity index (χ0n) is 8.93. The summed E-state index contributed by atoms with van der Waals surface area (Å²) >= 11 is 2.27. The highest BCUT2D eigenvalue weighted by Crippen LogP contribution is 2.31. The Labute approximate surface area is 108 Å². The molecule has 86 valence electrons. The molecule has 1 aliphatic rings. The van der Waals surface area contributed by atoms with E-state index < -0.39 is 6.16 Å². The molecule has 1 heterocycles. The Bertz CT molecular complexity index is 364. The van der Waals surface area contributed by atoms with Crippen molar-refractivity contribution in [1.82, 2.24) is 0 Å². The van der Waals surface area contributed by atoms with Crippen LogP contribution in [0.2, 0.25) is 0 Å². The minimum Gasteiger partial charge on any atom is -0.430 e. The number of cyclic esters (lactones) is 2. The summed E-state index contributed by atoms with van der Waals surface area (Å²) in [6.07, 6.45) is -0.0785. The number of hydrogen-bond donors (Lipinski definition) is 0. The lowest BCUT2D eigenvalue weighted by Crippen LogP contribution is -2.34. The Kier molecular flexibility index (Phi) is 3.68. The van der Waals surface area contributed by atoms with Gasteiger partial charge in [0.15, 0.2) is 0 Å². The summed E-state index contributed by atoms with van der Waals surface area (Å²) < 4.78 is 10.6. The molecule has 0 unspecified atom stereocenters. The van der Waals surface area contributed by atoms with E-state index in [0.29, 0.717) is 0 Å². The average Bonchev–Trinajstić information content (AvgIpc) is 2.29. The Morgan fingerprint density at radius 2 is 2.00 bits per heavy atom. The van der Waals surface area contributed by atoms with E-state index in [1.807, 2.05) is 37.3 Å². The van der Waals surface area contributed by atoms with Crippen molar-refractivity contribution in [2.45, 2.75) is 29.5 Å². The molecule has 0 spiro atoms. The summed E-state index contributed by atoms with van der Waals surface area (Å²) in [5, 5.41) is 0. The number of carbonyl (C=O) groups excluding carboxylic acids is 1. The fourth-order valence-electron chi connectivity index (χ4n) is 1.73. The van der Waals surface area contributed by atoms with Crippen molar-refractivity contribution >= 4 is 28.7 Å². The van der Waals surface area contributed by atoms with Gasteiger partial charge >= 0.3 is 6.16 Å². The Hall–Kier alpha value is -0.780. The van der Waals surface area contributed by atoms with Crippen molar-refractivity contribution in [1.29, 1.82) is 0 Å². The smallest absolute Gasteiger partial charge is 0.430 e. The SMILES string of the molecule is C[C@@H](I)[C@H]1C[C@@H](c2ccccc2)OC(=O)O1. The minimum absolute atomic E-state index is 0.0629. The van der Waals surface area contributed by atoms with Gasteiger partial charge in [-0.2, -0.15) is 0 Å². The molecule has 0 aliphatic carbocycles. The van der Waals surface area contributed by atoms with Crippen LogP contribution in [0.25, 0.3) is 0 Å². The number of halogens is 1. The van der Waals surface area contributed by atoms with Crippen LogP contribution in [0.4, 0.5) is 4.79 Å². The molecule has 3 nitrogen and oxygen atoms in total. The van der Waals surface area contributed by atoms with Crippen molar-refractivity contribution < 1.29 is 14.3 Å². The molecule has 4 heteroatoms. The van der Waals surface area contributed by atoms with Crippen LogP contribution in [0.3, 0.4) is 0 Å². The van der Waals surface area contributed by atoms with Crippen molar-refractivity contribution in [2.75, 3.05) is 0 Å². The molecular weight excluding hydrogens is 319 g/mol. The first kappa shape index (κ1) is 11.7. The maximum Gasteiger partial charge on any atom is 0.509 e. The maximum absolute atomic E-state index is 11.3. The van der Waals surface area contributed by atoms with E-state index in [1.165, 1.54) is 0 Å². The van der Waals surface area contributed by atoms with Crippen LogP contribution in [0, 0.1) is 0 Å². The van der Waals surface area contributed by atoms with Crippen molar-refractivity contribution in [3.63, 3.8) is 0 Å². The fraction of sp³-hybridized carbons (Fsp3) is 0.417. The first-order chi connectivity index (χ1) is 7.66. The molecular formula is C12H13IO3. The lowest BCUT2D eigenvalue weighted by Gasteiger charge is -2.30. The third-order valence-electron chi connectivity index (χ3n) is 2.62. The highest BCUT2D eigenvalue weighted by molar-refractivity contribution is 14.1. The molecule has 0 radical (unpaired) electrons.